The fourth-order valence-electron chi connectivity index (χ4n) is 9.36. The highest BCUT2D eigenvalue weighted by Gasteiger charge is 2.58. The quantitative estimate of drug-likeness (QED) is 0.118. The lowest BCUT2D eigenvalue weighted by Gasteiger charge is -2.47. The van der Waals surface area contributed by atoms with Crippen LogP contribution in [0, 0.1) is 17.2 Å². The zero-order valence-corrected chi connectivity index (χ0v) is 37.6. The molecule has 2 N–H and O–H groups in total. The van der Waals surface area contributed by atoms with Gasteiger partial charge in [0, 0.05) is 95.9 Å². The third-order valence-electron chi connectivity index (χ3n) is 12.8. The fraction of sp³-hybridized carbons (Fsp3) is 0.500. The molecular formula is C46H59ClN6O6Si. The minimum atomic E-state index is -2.54. The number of nitrogens with zero attached hydrogens (tertiary/aromatic N) is 4. The van der Waals surface area contributed by atoms with Gasteiger partial charge in [0.15, 0.2) is 0 Å². The highest BCUT2D eigenvalue weighted by atomic mass is 35.5. The minimum absolute atomic E-state index is 0.0328. The Hall–Kier alpha value is -4.56. The van der Waals surface area contributed by atoms with E-state index in [0.717, 1.165) is 58.6 Å². The zero-order chi connectivity index (χ0) is 42.9. The summed E-state index contributed by atoms with van der Waals surface area (Å²) in [7, 11) is 4.61. The molecule has 3 amide bonds. The number of hydrogen-bond acceptors (Lipinski definition) is 9. The van der Waals surface area contributed by atoms with Crippen LogP contribution in [-0.2, 0) is 24.5 Å². The normalized spacial score (nSPS) is 17.4. The Morgan fingerprint density at radius 1 is 0.750 bits per heavy atom. The molecule has 3 aliphatic heterocycles. The van der Waals surface area contributed by atoms with Crippen molar-refractivity contribution in [2.24, 2.45) is 11.8 Å². The molecule has 4 aliphatic rings. The number of rotatable bonds is 17. The number of unbranched alkanes of at least 4 members (excludes halogenated alkanes) is 3. The Morgan fingerprint density at radius 2 is 1.28 bits per heavy atom. The van der Waals surface area contributed by atoms with Crippen molar-refractivity contribution in [1.29, 1.82) is 5.41 Å². The van der Waals surface area contributed by atoms with Crippen LogP contribution >= 0.6 is 11.6 Å². The van der Waals surface area contributed by atoms with Crippen molar-refractivity contribution in [2.75, 3.05) is 103 Å². The molecule has 0 aromatic heterocycles. The second-order valence-electron chi connectivity index (χ2n) is 17.6. The highest BCUT2D eigenvalue weighted by molar-refractivity contribution is 7.01. The summed E-state index contributed by atoms with van der Waals surface area (Å²) in [6, 6.07) is 17.9. The van der Waals surface area contributed by atoms with E-state index in [9.17, 15) is 24.6 Å². The van der Waals surface area contributed by atoms with Crippen molar-refractivity contribution in [3.05, 3.63) is 82.4 Å². The van der Waals surface area contributed by atoms with E-state index in [1.165, 1.54) is 0 Å². The lowest BCUT2D eigenvalue weighted by atomic mass is 9.68. The Morgan fingerprint density at radius 3 is 1.82 bits per heavy atom. The van der Waals surface area contributed by atoms with E-state index in [4.69, 9.17) is 21.1 Å². The Kier molecular flexibility index (Phi) is 12.9. The first-order valence-electron chi connectivity index (χ1n) is 21.2. The van der Waals surface area contributed by atoms with Gasteiger partial charge >= 0.3 is 0 Å². The molecule has 1 aliphatic carbocycles. The monoisotopic (exact) mass is 854 g/mol. The van der Waals surface area contributed by atoms with E-state index in [-0.39, 0.29) is 41.1 Å². The molecule has 3 aromatic rings. The van der Waals surface area contributed by atoms with Crippen molar-refractivity contribution >= 4 is 70.6 Å². The predicted molar refractivity (Wildman–Crippen MR) is 240 cm³/mol. The van der Waals surface area contributed by atoms with Crippen molar-refractivity contribution in [3.63, 3.8) is 0 Å². The molecule has 3 heterocycles. The Balaban J connectivity index is 1.18. The number of carbonyl (C=O) groups is 4. The number of ketones is 1. The molecule has 320 valence electrons. The van der Waals surface area contributed by atoms with Gasteiger partial charge in [0.1, 0.15) is 8.07 Å². The Bertz CT molecular complexity index is 2070. The van der Waals surface area contributed by atoms with Crippen LogP contribution in [0.5, 0.6) is 0 Å². The van der Waals surface area contributed by atoms with Crippen LogP contribution in [0.15, 0.2) is 54.6 Å². The van der Waals surface area contributed by atoms with Crippen molar-refractivity contribution in [1.82, 2.24) is 15.1 Å². The van der Waals surface area contributed by atoms with Gasteiger partial charge in [-0.25, -0.2) is 0 Å². The average Bonchev–Trinajstić information content (AvgIpc) is 3.41. The number of alkyl halides is 1. The van der Waals surface area contributed by atoms with Gasteiger partial charge in [-0.1, -0.05) is 38.1 Å². The maximum Gasteiger partial charge on any atom is 0.251 e. The average molecular weight is 856 g/mol. The first kappa shape index (κ1) is 43.5. The molecule has 2 fully saturated rings. The molecule has 0 unspecified atom stereocenters. The number of anilines is 2. The number of amides is 3. The van der Waals surface area contributed by atoms with E-state index in [1.807, 2.05) is 0 Å². The smallest absolute Gasteiger partial charge is 0.251 e. The molecule has 0 bridgehead atoms. The summed E-state index contributed by atoms with van der Waals surface area (Å²) in [4.78, 5) is 61.2. The van der Waals surface area contributed by atoms with Crippen molar-refractivity contribution in [2.45, 2.75) is 44.2 Å². The second-order valence-corrected chi connectivity index (χ2v) is 22.3. The molecule has 0 radical (unpaired) electrons. The van der Waals surface area contributed by atoms with Gasteiger partial charge in [-0.15, -0.1) is 11.6 Å². The van der Waals surface area contributed by atoms with Crippen LogP contribution < -0.4 is 25.5 Å². The summed E-state index contributed by atoms with van der Waals surface area (Å²) in [5.74, 6) is 0.153. The lowest BCUT2D eigenvalue weighted by Crippen LogP contribution is -2.65. The zero-order valence-electron chi connectivity index (χ0n) is 35.9. The first-order chi connectivity index (χ1) is 28.7. The largest absolute Gasteiger partial charge is 0.379 e. The van der Waals surface area contributed by atoms with Crippen LogP contribution in [0.1, 0.15) is 63.1 Å². The number of fused-ring (bicyclic) bond motifs is 6. The molecular weight excluding hydrogens is 796 g/mol. The number of hydrogen-bond donors (Lipinski definition) is 2. The van der Waals surface area contributed by atoms with Gasteiger partial charge in [0.2, 0.25) is 17.6 Å². The molecule has 0 atom stereocenters. The summed E-state index contributed by atoms with van der Waals surface area (Å²) >= 11 is 5.74. The van der Waals surface area contributed by atoms with Crippen LogP contribution in [0.3, 0.4) is 0 Å². The number of nitrogens with one attached hydrogen (secondary N) is 2. The van der Waals surface area contributed by atoms with Crippen LogP contribution in [0.2, 0.25) is 13.1 Å². The van der Waals surface area contributed by atoms with Crippen LogP contribution in [0.4, 0.5) is 11.4 Å². The van der Waals surface area contributed by atoms with E-state index in [2.05, 4.69) is 64.6 Å². The highest BCUT2D eigenvalue weighted by Crippen LogP contribution is 2.50. The maximum atomic E-state index is 14.3. The molecule has 2 saturated heterocycles. The second kappa shape index (κ2) is 17.8. The van der Waals surface area contributed by atoms with Crippen LogP contribution in [0.25, 0.3) is 0 Å². The maximum absolute atomic E-state index is 14.3. The first-order valence-corrected chi connectivity index (χ1v) is 24.7. The van der Waals surface area contributed by atoms with Gasteiger partial charge in [0.05, 0.1) is 42.8 Å². The number of benzene rings is 3. The van der Waals surface area contributed by atoms with E-state index < -0.39 is 13.5 Å². The van der Waals surface area contributed by atoms with Gasteiger partial charge < -0.3 is 34.4 Å². The summed E-state index contributed by atoms with van der Waals surface area (Å²) in [5, 5.41) is 14.9. The topological polar surface area (TPSA) is 136 Å². The number of carbonyl (C=O) groups excluding carboxylic acids is 4. The summed E-state index contributed by atoms with van der Waals surface area (Å²) in [6.45, 7) is 9.37. The molecule has 3 aromatic carbocycles. The van der Waals surface area contributed by atoms with E-state index in [0.29, 0.717) is 81.7 Å². The number of Topliss-reactive ketones (excluding diaryl/α,β-unsaturated/α-hetero) is 1. The van der Waals surface area contributed by atoms with Gasteiger partial charge in [-0.3, -0.25) is 24.6 Å². The lowest BCUT2D eigenvalue weighted by molar-refractivity contribution is -0.134. The van der Waals surface area contributed by atoms with E-state index in [1.54, 1.807) is 56.2 Å². The van der Waals surface area contributed by atoms with Gasteiger partial charge in [0.25, 0.3) is 5.91 Å². The van der Waals surface area contributed by atoms with Gasteiger partial charge in [-0.2, -0.15) is 0 Å². The molecule has 1 spiro atoms. The van der Waals surface area contributed by atoms with Gasteiger partial charge in [-0.05, 0) is 82.4 Å². The molecule has 0 saturated carbocycles. The third-order valence-corrected chi connectivity index (χ3v) is 16.6. The number of ether oxygens (including phenoxy) is 2. The molecule has 14 heteroatoms. The summed E-state index contributed by atoms with van der Waals surface area (Å²) in [6.07, 6.45) is 4.23. The number of halogens is 1. The van der Waals surface area contributed by atoms with Crippen molar-refractivity contribution < 1.29 is 28.7 Å². The summed E-state index contributed by atoms with van der Waals surface area (Å²) < 4.78 is 11.4. The standard InChI is InChI=1S/C46H59ClN6O6Si/c1-50(2)44(56)31-26-52(27-31)33-12-15-36-39(24-33)60(5,6)40-25-34(53-28-32(29-53)45(57)51(3)4)13-16-37(40)46(36)38-23-30(11-14-35(38)41(54)42(46)48)43(55)49-18-20-59-22-21-58-19-10-8-7-9-17-47/h11-16,23-25,31-32,48H,7-10,17-22,26-29H2,1-6H3,(H,49,55). The van der Waals surface area contributed by atoms with Crippen LogP contribution in [-0.4, -0.2) is 140 Å². The molecule has 7 rings (SSSR count). The minimum Gasteiger partial charge on any atom is -0.379 e. The summed E-state index contributed by atoms with van der Waals surface area (Å²) in [5.41, 5.74) is 4.00. The SMILES string of the molecule is CN(C)C(=O)C1CN(c2ccc3c(c2)[Si](C)(C)c2cc(N4CC(C(=O)N(C)C)C4)ccc2C32C(=N)C(=O)c3ccc(C(=O)NCCOCCOCCCCCCCl)cc32)C1. The van der Waals surface area contributed by atoms with E-state index >= 15 is 0 Å². The van der Waals surface area contributed by atoms with Crippen molar-refractivity contribution in [3.8, 4) is 0 Å². The Labute approximate surface area is 360 Å². The fourth-order valence-corrected chi connectivity index (χ4v) is 12.7. The predicted octanol–water partition coefficient (Wildman–Crippen LogP) is 3.98. The molecule has 12 nitrogen and oxygen atoms in total. The molecule has 60 heavy (non-hydrogen) atoms. The third kappa shape index (κ3) is 7.89.